The molecule has 1 aliphatic heterocycles. The molecule has 1 unspecified atom stereocenters. The third kappa shape index (κ3) is 5.95. The van der Waals surface area contributed by atoms with Gasteiger partial charge >= 0.3 is 0 Å². The molecule has 1 heterocycles. The van der Waals surface area contributed by atoms with E-state index in [2.05, 4.69) is 11.9 Å². The van der Waals surface area contributed by atoms with Crippen LogP contribution in [0.4, 0.5) is 0 Å². The molecule has 1 amide bonds. The van der Waals surface area contributed by atoms with Crippen molar-refractivity contribution in [2.45, 2.75) is 18.9 Å². The van der Waals surface area contributed by atoms with Crippen LogP contribution in [0.5, 0.6) is 0 Å². The van der Waals surface area contributed by atoms with Gasteiger partial charge < -0.3 is 15.5 Å². The molecule has 0 bridgehead atoms. The summed E-state index contributed by atoms with van der Waals surface area (Å²) in [7, 11) is 2.10. The quantitative estimate of drug-likeness (QED) is 0.822. The van der Waals surface area contributed by atoms with E-state index in [1.54, 1.807) is 11.8 Å². The van der Waals surface area contributed by atoms with E-state index >= 15 is 0 Å². The van der Waals surface area contributed by atoms with Crippen molar-refractivity contribution in [2.24, 2.45) is 5.73 Å². The van der Waals surface area contributed by atoms with Gasteiger partial charge in [-0.1, -0.05) is 0 Å². The highest BCUT2D eigenvalue weighted by molar-refractivity contribution is 7.98. The Labute approximate surface area is 115 Å². The van der Waals surface area contributed by atoms with Crippen LogP contribution in [0.25, 0.3) is 0 Å². The average Bonchev–Trinajstić information content (AvgIpc) is 2.50. The number of amides is 1. The number of nitrogens with two attached hydrogens (primary N) is 1. The van der Waals surface area contributed by atoms with E-state index < -0.39 is 0 Å². The van der Waals surface area contributed by atoms with E-state index in [9.17, 15) is 4.79 Å². The predicted molar refractivity (Wildman–Crippen MR) is 76.9 cm³/mol. The highest BCUT2D eigenvalue weighted by Gasteiger charge is 2.22. The molecule has 0 aromatic rings. The minimum absolute atomic E-state index is 0. The van der Waals surface area contributed by atoms with E-state index in [4.69, 9.17) is 5.73 Å². The van der Waals surface area contributed by atoms with Gasteiger partial charge in [0.05, 0.1) is 6.04 Å². The van der Waals surface area contributed by atoms with Crippen LogP contribution >= 0.6 is 24.2 Å². The minimum Gasteiger partial charge on any atom is -0.340 e. The average molecular weight is 282 g/mol. The Morgan fingerprint density at radius 2 is 2.06 bits per heavy atom. The molecule has 0 aromatic heterocycles. The van der Waals surface area contributed by atoms with Crippen LogP contribution in [0.3, 0.4) is 0 Å². The highest BCUT2D eigenvalue weighted by atomic mass is 35.5. The summed E-state index contributed by atoms with van der Waals surface area (Å²) in [5, 5.41) is 0. The number of hydrogen-bond acceptors (Lipinski definition) is 4. The number of nitrogens with zero attached hydrogens (tertiary/aromatic N) is 2. The summed E-state index contributed by atoms with van der Waals surface area (Å²) in [6, 6.07) is -0.309. The molecule has 1 aliphatic rings. The maximum Gasteiger partial charge on any atom is 0.239 e. The number of thioether (sulfide) groups is 1. The van der Waals surface area contributed by atoms with E-state index in [1.807, 2.05) is 11.2 Å². The second-order valence-corrected chi connectivity index (χ2v) is 5.36. The Hall–Kier alpha value is 0.0300. The first-order valence-corrected chi connectivity index (χ1v) is 7.26. The Morgan fingerprint density at radius 1 is 1.35 bits per heavy atom. The lowest BCUT2D eigenvalue weighted by Gasteiger charge is -2.24. The van der Waals surface area contributed by atoms with Crippen LogP contribution in [-0.4, -0.2) is 67.0 Å². The fourth-order valence-corrected chi connectivity index (χ4v) is 2.36. The second-order valence-electron chi connectivity index (χ2n) is 4.37. The first-order valence-electron chi connectivity index (χ1n) is 5.87. The summed E-state index contributed by atoms with van der Waals surface area (Å²) < 4.78 is 0. The fourth-order valence-electron chi connectivity index (χ4n) is 1.87. The van der Waals surface area contributed by atoms with E-state index in [0.29, 0.717) is 0 Å². The minimum atomic E-state index is -0.309. The van der Waals surface area contributed by atoms with Crippen LogP contribution in [0.2, 0.25) is 0 Å². The lowest BCUT2D eigenvalue weighted by molar-refractivity contribution is -0.132. The highest BCUT2D eigenvalue weighted by Crippen LogP contribution is 2.06. The predicted octanol–water partition coefficient (Wildman–Crippen LogP) is 0.653. The SMILES string of the molecule is CSCCC(N)C(=O)N1CCCN(C)CC1.Cl. The van der Waals surface area contributed by atoms with Gasteiger partial charge in [0, 0.05) is 19.6 Å². The molecular weight excluding hydrogens is 258 g/mol. The molecule has 0 radical (unpaired) electrons. The Morgan fingerprint density at radius 3 is 2.71 bits per heavy atom. The summed E-state index contributed by atoms with van der Waals surface area (Å²) >= 11 is 1.74. The van der Waals surface area contributed by atoms with Crippen LogP contribution in [0.1, 0.15) is 12.8 Å². The number of carbonyl (C=O) groups is 1. The molecule has 1 rings (SSSR count). The third-order valence-electron chi connectivity index (χ3n) is 2.98. The van der Waals surface area contributed by atoms with E-state index in [0.717, 1.165) is 44.8 Å². The number of halogens is 1. The van der Waals surface area contributed by atoms with Gasteiger partial charge in [0.1, 0.15) is 0 Å². The van der Waals surface area contributed by atoms with Crippen LogP contribution in [-0.2, 0) is 4.79 Å². The van der Waals surface area contributed by atoms with Gasteiger partial charge in [0.15, 0.2) is 0 Å². The number of hydrogen-bond donors (Lipinski definition) is 1. The molecule has 4 nitrogen and oxygen atoms in total. The van der Waals surface area contributed by atoms with Crippen molar-refractivity contribution < 1.29 is 4.79 Å². The second kappa shape index (κ2) is 9.03. The van der Waals surface area contributed by atoms with Gasteiger partial charge in [-0.05, 0) is 38.4 Å². The molecule has 0 saturated carbocycles. The molecule has 1 saturated heterocycles. The number of carbonyl (C=O) groups excluding carboxylic acids is 1. The molecule has 1 fully saturated rings. The van der Waals surface area contributed by atoms with Crippen molar-refractivity contribution in [1.29, 1.82) is 0 Å². The summed E-state index contributed by atoms with van der Waals surface area (Å²) in [5.74, 6) is 1.09. The van der Waals surface area contributed by atoms with Gasteiger partial charge in [-0.2, -0.15) is 11.8 Å². The van der Waals surface area contributed by atoms with Gasteiger partial charge in [-0.25, -0.2) is 0 Å². The zero-order chi connectivity index (χ0) is 12.0. The molecular formula is C11H24ClN3OS. The molecule has 17 heavy (non-hydrogen) atoms. The number of likely N-dealkylation sites (N-methyl/N-ethyl adjacent to an activating group) is 1. The maximum absolute atomic E-state index is 12.0. The maximum atomic E-state index is 12.0. The number of rotatable bonds is 4. The normalized spacial score (nSPS) is 19.4. The van der Waals surface area contributed by atoms with Crippen molar-refractivity contribution in [3.8, 4) is 0 Å². The van der Waals surface area contributed by atoms with Crippen molar-refractivity contribution >= 4 is 30.1 Å². The van der Waals surface area contributed by atoms with E-state index in [1.165, 1.54) is 0 Å². The first kappa shape index (κ1) is 17.0. The molecule has 102 valence electrons. The van der Waals surface area contributed by atoms with Gasteiger partial charge in [-0.15, -0.1) is 12.4 Å². The lowest BCUT2D eigenvalue weighted by Crippen LogP contribution is -2.45. The van der Waals surface area contributed by atoms with Gasteiger partial charge in [0.2, 0.25) is 5.91 Å². The summed E-state index contributed by atoms with van der Waals surface area (Å²) in [4.78, 5) is 16.2. The molecule has 6 heteroatoms. The first-order chi connectivity index (χ1) is 7.65. The zero-order valence-corrected chi connectivity index (χ0v) is 12.4. The van der Waals surface area contributed by atoms with E-state index in [-0.39, 0.29) is 24.4 Å². The van der Waals surface area contributed by atoms with Crippen LogP contribution < -0.4 is 5.73 Å². The summed E-state index contributed by atoms with van der Waals surface area (Å²) in [6.07, 6.45) is 3.88. The Kier molecular flexibility index (Phi) is 9.04. The van der Waals surface area contributed by atoms with Crippen molar-refractivity contribution in [1.82, 2.24) is 9.80 Å². The van der Waals surface area contributed by atoms with Crippen molar-refractivity contribution in [2.75, 3.05) is 45.2 Å². The van der Waals surface area contributed by atoms with Crippen LogP contribution in [0, 0.1) is 0 Å². The third-order valence-corrected chi connectivity index (χ3v) is 3.63. The summed E-state index contributed by atoms with van der Waals surface area (Å²) in [5.41, 5.74) is 5.90. The molecule has 0 spiro atoms. The van der Waals surface area contributed by atoms with Gasteiger partial charge in [0.25, 0.3) is 0 Å². The van der Waals surface area contributed by atoms with Gasteiger partial charge in [-0.3, -0.25) is 4.79 Å². The molecule has 0 aromatic carbocycles. The fraction of sp³-hybridized carbons (Fsp3) is 0.909. The molecule has 1 atom stereocenters. The lowest BCUT2D eigenvalue weighted by atomic mass is 10.2. The Bertz CT molecular complexity index is 231. The summed E-state index contributed by atoms with van der Waals surface area (Å²) in [6.45, 7) is 3.71. The van der Waals surface area contributed by atoms with Crippen LogP contribution in [0.15, 0.2) is 0 Å². The standard InChI is InChI=1S/C11H23N3OS.ClH/c1-13-5-3-6-14(8-7-13)11(15)10(12)4-9-16-2;/h10H,3-9,12H2,1-2H3;1H. The smallest absolute Gasteiger partial charge is 0.239 e. The zero-order valence-electron chi connectivity index (χ0n) is 10.7. The largest absolute Gasteiger partial charge is 0.340 e. The molecule has 0 aliphatic carbocycles. The van der Waals surface area contributed by atoms with Crippen molar-refractivity contribution in [3.05, 3.63) is 0 Å². The topological polar surface area (TPSA) is 49.6 Å². The van der Waals surface area contributed by atoms with Crippen molar-refractivity contribution in [3.63, 3.8) is 0 Å². The monoisotopic (exact) mass is 281 g/mol. The Balaban J connectivity index is 0.00000256. The molecule has 2 N–H and O–H groups in total.